The van der Waals surface area contributed by atoms with E-state index in [4.69, 9.17) is 4.74 Å². The van der Waals surface area contributed by atoms with Crippen molar-refractivity contribution in [2.75, 3.05) is 0 Å². The number of esters is 1. The Morgan fingerprint density at radius 3 is 2.19 bits per heavy atom. The molecule has 6 aliphatic carbocycles. The molecule has 0 unspecified atom stereocenters. The summed E-state index contributed by atoms with van der Waals surface area (Å²) in [5.74, 6) is -1.78. The lowest BCUT2D eigenvalue weighted by molar-refractivity contribution is -0.235. The van der Waals surface area contributed by atoms with E-state index in [1.165, 1.54) is 0 Å². The van der Waals surface area contributed by atoms with E-state index in [0.29, 0.717) is 30.4 Å². The molecule has 5 saturated carbocycles. The maximum atomic E-state index is 14.5. The Morgan fingerprint density at radius 2 is 1.55 bits per heavy atom. The fourth-order valence-electron chi connectivity index (χ4n) is 14.9. The average molecular weight is 851 g/mol. The monoisotopic (exact) mass is 851 g/mol. The lowest BCUT2D eigenvalue weighted by atomic mass is 9.33. The number of aliphatic carboxylic acids is 1. The summed E-state index contributed by atoms with van der Waals surface area (Å²) < 4.78 is 6.42. The van der Waals surface area contributed by atoms with Crippen LogP contribution in [0.5, 0.6) is 0 Å². The minimum Gasteiger partial charge on any atom is -0.481 e. The predicted molar refractivity (Wildman–Crippen MR) is 236 cm³/mol. The number of nitrogens with one attached hydrogen (secondary N) is 3. The van der Waals surface area contributed by atoms with Gasteiger partial charge >= 0.3 is 11.9 Å². The maximum absolute atomic E-state index is 14.5. The normalized spacial score (nSPS) is 36.9. The number of nitrogens with zero attached hydrogens (tertiary/aromatic N) is 1. The highest BCUT2D eigenvalue weighted by atomic mass is 16.5. The standard InChI is InChI=1S/C51H70N4O7/c1-28(2)39-35(56)27-51(53-44(61)47(7,8)52-41(57)34-26-33(54-55-34)29-15-13-12-14-16-29)24-23-49(10)30(40(39)51)17-18-37-48(9)21-20-38(46(5,6)36(48)19-22-50(37,49)11)62-43(60)32-25-31(42(58)59)45(32,3)4/h12-16,26,28,30-32,36-38H,17-25,27H2,1-11H3,(H,52,57)(H,53,61)(H,54,55)(H,58,59)/t30-,31-,32+,36+,37-,38+,48+,49-,50-,51-/m1/s1. The van der Waals surface area contributed by atoms with Gasteiger partial charge in [-0.25, -0.2) is 0 Å². The number of hydrogen-bond donors (Lipinski definition) is 4. The highest BCUT2D eigenvalue weighted by Gasteiger charge is 2.71. The molecule has 4 N–H and O–H groups in total. The lowest BCUT2D eigenvalue weighted by Gasteiger charge is -2.72. The first-order chi connectivity index (χ1) is 28.8. The van der Waals surface area contributed by atoms with Crippen molar-refractivity contribution in [3.63, 3.8) is 0 Å². The number of amides is 2. The molecule has 0 saturated heterocycles. The molecule has 0 radical (unpaired) electrons. The molecule has 11 nitrogen and oxygen atoms in total. The predicted octanol–water partition coefficient (Wildman–Crippen LogP) is 9.09. The van der Waals surface area contributed by atoms with E-state index in [0.717, 1.165) is 61.7 Å². The summed E-state index contributed by atoms with van der Waals surface area (Å²) in [6.45, 7) is 23.5. The van der Waals surface area contributed by atoms with E-state index in [2.05, 4.69) is 69.3 Å². The van der Waals surface area contributed by atoms with Crippen molar-refractivity contribution in [2.45, 2.75) is 158 Å². The fourth-order valence-corrected chi connectivity index (χ4v) is 14.9. The molecule has 336 valence electrons. The molecule has 11 heteroatoms. The van der Waals surface area contributed by atoms with Gasteiger partial charge in [0.15, 0.2) is 5.78 Å². The van der Waals surface area contributed by atoms with E-state index in [-0.39, 0.29) is 69.4 Å². The van der Waals surface area contributed by atoms with Crippen LogP contribution in [0.2, 0.25) is 0 Å². The number of carboxylic acids is 1. The molecule has 5 fully saturated rings. The van der Waals surface area contributed by atoms with Crippen molar-refractivity contribution < 1.29 is 33.8 Å². The quantitative estimate of drug-likeness (QED) is 0.181. The Bertz CT molecular complexity index is 2220. The van der Waals surface area contributed by atoms with E-state index in [9.17, 15) is 29.1 Å². The third-order valence-electron chi connectivity index (χ3n) is 18.7. The third-order valence-corrected chi connectivity index (χ3v) is 18.7. The number of carbonyl (C=O) groups is 5. The Balaban J connectivity index is 1.02. The number of ketones is 1. The minimum absolute atomic E-state index is 0.00335. The number of fused-ring (bicyclic) bond motifs is 7. The molecule has 2 aromatic rings. The van der Waals surface area contributed by atoms with Gasteiger partial charge in [0.1, 0.15) is 17.3 Å². The van der Waals surface area contributed by atoms with Gasteiger partial charge in [-0.15, -0.1) is 0 Å². The third kappa shape index (κ3) is 6.46. The number of hydrogen-bond acceptors (Lipinski definition) is 7. The summed E-state index contributed by atoms with van der Waals surface area (Å²) in [6.07, 6.45) is 7.58. The zero-order valence-corrected chi connectivity index (χ0v) is 38.9. The van der Waals surface area contributed by atoms with Crippen LogP contribution in [0.25, 0.3) is 11.3 Å². The second-order valence-corrected chi connectivity index (χ2v) is 23.1. The Hall–Kier alpha value is -4.28. The zero-order chi connectivity index (χ0) is 45.2. The minimum atomic E-state index is -1.29. The van der Waals surface area contributed by atoms with E-state index in [1.807, 2.05) is 44.2 Å². The van der Waals surface area contributed by atoms with Crippen molar-refractivity contribution in [1.29, 1.82) is 0 Å². The fraction of sp³-hybridized carbons (Fsp3) is 0.686. The van der Waals surface area contributed by atoms with Crippen LogP contribution in [-0.4, -0.2) is 62.0 Å². The van der Waals surface area contributed by atoms with Gasteiger partial charge in [-0.1, -0.05) is 92.6 Å². The molecule has 8 rings (SSSR count). The van der Waals surface area contributed by atoms with Crippen LogP contribution in [0.4, 0.5) is 0 Å². The molecule has 6 aliphatic rings. The number of aromatic nitrogens is 2. The van der Waals surface area contributed by atoms with Gasteiger partial charge in [0.05, 0.1) is 23.1 Å². The molecule has 1 heterocycles. The molecule has 1 aromatic carbocycles. The number of rotatable bonds is 9. The first-order valence-electron chi connectivity index (χ1n) is 23.3. The number of allylic oxidation sites excluding steroid dienone is 1. The second kappa shape index (κ2) is 14.6. The molecule has 10 atom stereocenters. The second-order valence-electron chi connectivity index (χ2n) is 23.1. The summed E-state index contributed by atoms with van der Waals surface area (Å²) >= 11 is 0. The molecule has 0 spiro atoms. The van der Waals surface area contributed by atoms with Gasteiger partial charge in [0, 0.05) is 17.4 Å². The van der Waals surface area contributed by atoms with Crippen LogP contribution in [0.1, 0.15) is 151 Å². The molecule has 1 aromatic heterocycles. The number of carbonyl (C=O) groups excluding carboxylic acids is 4. The van der Waals surface area contributed by atoms with Crippen LogP contribution < -0.4 is 10.6 Å². The molecular formula is C51H70N4O7. The molecule has 2 amide bonds. The van der Waals surface area contributed by atoms with E-state index >= 15 is 0 Å². The van der Waals surface area contributed by atoms with E-state index in [1.54, 1.807) is 19.9 Å². The summed E-state index contributed by atoms with van der Waals surface area (Å²) in [6, 6.07) is 11.3. The first-order valence-corrected chi connectivity index (χ1v) is 23.3. The Labute approximate surface area is 367 Å². The Morgan fingerprint density at radius 1 is 0.855 bits per heavy atom. The topological polar surface area (TPSA) is 168 Å². The van der Waals surface area contributed by atoms with Gasteiger partial charge in [-0.2, -0.15) is 5.10 Å². The Kier molecular flexibility index (Phi) is 10.5. The van der Waals surface area contributed by atoms with Gasteiger partial charge in [-0.05, 0) is 134 Å². The van der Waals surface area contributed by atoms with Gasteiger partial charge < -0.3 is 20.5 Å². The van der Waals surface area contributed by atoms with Crippen molar-refractivity contribution >= 4 is 29.5 Å². The number of carboxylic acid groups (broad SMARTS) is 1. The van der Waals surface area contributed by atoms with Gasteiger partial charge in [0.25, 0.3) is 5.91 Å². The van der Waals surface area contributed by atoms with Crippen LogP contribution in [-0.2, 0) is 23.9 Å². The van der Waals surface area contributed by atoms with Crippen LogP contribution >= 0.6 is 0 Å². The molecule has 0 aliphatic heterocycles. The molecule has 62 heavy (non-hydrogen) atoms. The first kappa shape index (κ1) is 44.3. The zero-order valence-electron chi connectivity index (χ0n) is 38.9. The number of aromatic amines is 1. The average Bonchev–Trinajstić information content (AvgIpc) is 3.79. The number of Topliss-reactive ketones (excluding diaryl/α,β-unsaturated/α-hetero) is 1. The smallest absolute Gasteiger partial charge is 0.309 e. The van der Waals surface area contributed by atoms with Crippen LogP contribution in [0, 0.1) is 62.6 Å². The number of H-pyrrole nitrogens is 1. The largest absolute Gasteiger partial charge is 0.481 e. The van der Waals surface area contributed by atoms with Crippen molar-refractivity contribution in [3.05, 3.63) is 53.2 Å². The molecule has 0 bridgehead atoms. The summed E-state index contributed by atoms with van der Waals surface area (Å²) in [4.78, 5) is 67.9. The van der Waals surface area contributed by atoms with Crippen molar-refractivity contribution in [1.82, 2.24) is 20.8 Å². The van der Waals surface area contributed by atoms with Crippen LogP contribution in [0.15, 0.2) is 47.5 Å². The lowest BCUT2D eigenvalue weighted by Crippen LogP contribution is -2.68. The summed E-state index contributed by atoms with van der Waals surface area (Å²) in [7, 11) is 0. The van der Waals surface area contributed by atoms with Gasteiger partial charge in [-0.3, -0.25) is 29.1 Å². The summed E-state index contributed by atoms with van der Waals surface area (Å²) in [5, 5.41) is 23.3. The van der Waals surface area contributed by atoms with E-state index < -0.39 is 40.2 Å². The highest BCUT2D eigenvalue weighted by Crippen LogP contribution is 2.76. The maximum Gasteiger partial charge on any atom is 0.309 e. The van der Waals surface area contributed by atoms with Crippen molar-refractivity contribution in [3.8, 4) is 11.3 Å². The summed E-state index contributed by atoms with van der Waals surface area (Å²) in [5.41, 5.74) is 0.646. The number of benzene rings is 1. The van der Waals surface area contributed by atoms with Crippen LogP contribution in [0.3, 0.4) is 0 Å². The van der Waals surface area contributed by atoms with Gasteiger partial charge in [0.2, 0.25) is 5.91 Å². The van der Waals surface area contributed by atoms with Crippen molar-refractivity contribution in [2.24, 2.45) is 62.6 Å². The SMILES string of the molecule is CC(C)C1=C2[C@H]3CC[C@@H]4[C@@]5(C)CC[C@H](OC(=O)[C@@H]6C[C@H](C(=O)O)C6(C)C)C(C)(C)[C@@H]5CC[C@@]4(C)[C@]3(C)CC[C@@]2(NC(=O)C(C)(C)NC(=O)c2cc(-c3ccccc3)n[nH]2)CC1=O. The highest BCUT2D eigenvalue weighted by molar-refractivity contribution is 6.03. The molecular weight excluding hydrogens is 781 g/mol. The number of ether oxygens (including phenoxy) is 1.